The van der Waals surface area contributed by atoms with E-state index in [9.17, 15) is 13.2 Å². The Morgan fingerprint density at radius 3 is 2.61 bits per heavy atom. The molecule has 0 aliphatic carbocycles. The van der Waals surface area contributed by atoms with Crippen LogP contribution in [0.1, 0.15) is 10.5 Å². The molecule has 4 rings (SSSR count). The normalized spacial score (nSPS) is 11.5. The second-order valence-electron chi connectivity index (χ2n) is 5.80. The molecule has 0 aliphatic heterocycles. The highest BCUT2D eigenvalue weighted by atomic mass is 127. The van der Waals surface area contributed by atoms with Crippen LogP contribution in [0.3, 0.4) is 0 Å². The lowest BCUT2D eigenvalue weighted by Crippen LogP contribution is -2.12. The van der Waals surface area contributed by atoms with Gasteiger partial charge in [-0.2, -0.15) is 0 Å². The van der Waals surface area contributed by atoms with Gasteiger partial charge in [0.15, 0.2) is 5.13 Å². The number of H-pyrrole nitrogens is 1. The predicted molar refractivity (Wildman–Crippen MR) is 118 cm³/mol. The van der Waals surface area contributed by atoms with Crippen molar-refractivity contribution in [2.45, 2.75) is 4.90 Å². The maximum absolute atomic E-state index is 12.5. The number of thiazole rings is 1. The standard InChI is InChI=1S/C18H13IN4O3S2/c19-11-3-6-13(7-4-11)28(25,26)23-12-5-8-14-16(10-12)27-18(21-14)22-17(24)15-2-1-9-20-15/h1-10,20,23H,(H,21,22,24). The second-order valence-corrected chi connectivity index (χ2v) is 9.76. The molecule has 0 unspecified atom stereocenters. The Hall–Kier alpha value is -2.44. The fourth-order valence-electron chi connectivity index (χ4n) is 2.51. The molecule has 2 aromatic carbocycles. The summed E-state index contributed by atoms with van der Waals surface area (Å²) in [4.78, 5) is 19.5. The Kier molecular flexibility index (Phi) is 5.08. The quantitative estimate of drug-likeness (QED) is 0.339. The first-order valence-electron chi connectivity index (χ1n) is 8.04. The molecule has 3 N–H and O–H groups in total. The fourth-order valence-corrected chi connectivity index (χ4v) is 4.81. The fraction of sp³-hybridized carbons (Fsp3) is 0. The number of sulfonamides is 1. The van der Waals surface area contributed by atoms with Gasteiger partial charge in [-0.25, -0.2) is 13.4 Å². The molecule has 0 saturated heterocycles. The van der Waals surface area contributed by atoms with Gasteiger partial charge < -0.3 is 4.98 Å². The van der Waals surface area contributed by atoms with Gasteiger partial charge in [0.05, 0.1) is 20.8 Å². The van der Waals surface area contributed by atoms with Crippen LogP contribution in [0.4, 0.5) is 10.8 Å². The number of carbonyl (C=O) groups excluding carboxylic acids is 1. The first kappa shape index (κ1) is 18.9. The van der Waals surface area contributed by atoms with Crippen molar-refractivity contribution in [1.82, 2.24) is 9.97 Å². The first-order valence-corrected chi connectivity index (χ1v) is 11.4. The van der Waals surface area contributed by atoms with Crippen LogP contribution in [0.15, 0.2) is 65.7 Å². The van der Waals surface area contributed by atoms with Crippen molar-refractivity contribution in [2.75, 3.05) is 10.0 Å². The van der Waals surface area contributed by atoms with Crippen LogP contribution in [0.2, 0.25) is 0 Å². The van der Waals surface area contributed by atoms with E-state index in [4.69, 9.17) is 0 Å². The third kappa shape index (κ3) is 4.03. The molecule has 0 atom stereocenters. The Labute approximate surface area is 178 Å². The summed E-state index contributed by atoms with van der Waals surface area (Å²) in [6.07, 6.45) is 1.67. The van der Waals surface area contributed by atoms with E-state index in [2.05, 4.69) is 42.6 Å². The van der Waals surface area contributed by atoms with E-state index < -0.39 is 10.0 Å². The molecule has 0 aliphatic rings. The molecule has 1 amide bonds. The summed E-state index contributed by atoms with van der Waals surface area (Å²) in [6, 6.07) is 15.0. The van der Waals surface area contributed by atoms with Crippen LogP contribution in [0.5, 0.6) is 0 Å². The number of fused-ring (bicyclic) bond motifs is 1. The average Bonchev–Trinajstić information content (AvgIpc) is 3.30. The summed E-state index contributed by atoms with van der Waals surface area (Å²) in [5.41, 5.74) is 1.53. The van der Waals surface area contributed by atoms with Gasteiger partial charge in [-0.3, -0.25) is 14.8 Å². The Balaban J connectivity index is 1.56. The van der Waals surface area contributed by atoms with E-state index in [1.807, 2.05) is 0 Å². The van der Waals surface area contributed by atoms with E-state index in [-0.39, 0.29) is 10.8 Å². The molecule has 0 fully saturated rings. The molecular formula is C18H13IN4O3S2. The number of amides is 1. The predicted octanol–water partition coefficient (Wildman–Crippen LogP) is 4.28. The van der Waals surface area contributed by atoms with Crippen LogP contribution < -0.4 is 10.0 Å². The van der Waals surface area contributed by atoms with Crippen molar-refractivity contribution in [2.24, 2.45) is 0 Å². The summed E-state index contributed by atoms with van der Waals surface area (Å²) in [7, 11) is -3.68. The van der Waals surface area contributed by atoms with Crippen molar-refractivity contribution >= 4 is 70.9 Å². The van der Waals surface area contributed by atoms with Gasteiger partial charge >= 0.3 is 0 Å². The highest BCUT2D eigenvalue weighted by molar-refractivity contribution is 14.1. The Morgan fingerprint density at radius 1 is 1.11 bits per heavy atom. The molecule has 0 bridgehead atoms. The number of nitrogens with zero attached hydrogens (tertiary/aromatic N) is 1. The molecule has 10 heteroatoms. The van der Waals surface area contributed by atoms with Crippen LogP contribution in [-0.2, 0) is 10.0 Å². The third-order valence-electron chi connectivity index (χ3n) is 3.83. The second kappa shape index (κ2) is 7.53. The van der Waals surface area contributed by atoms with E-state index in [1.54, 1.807) is 60.8 Å². The Bertz CT molecular complexity index is 1250. The van der Waals surface area contributed by atoms with Gasteiger partial charge in [-0.1, -0.05) is 11.3 Å². The molecule has 28 heavy (non-hydrogen) atoms. The summed E-state index contributed by atoms with van der Waals surface area (Å²) in [6.45, 7) is 0. The van der Waals surface area contributed by atoms with Crippen LogP contribution in [-0.4, -0.2) is 24.3 Å². The number of hydrogen-bond acceptors (Lipinski definition) is 5. The average molecular weight is 524 g/mol. The maximum Gasteiger partial charge on any atom is 0.273 e. The van der Waals surface area contributed by atoms with E-state index >= 15 is 0 Å². The third-order valence-corrected chi connectivity index (χ3v) is 6.88. The van der Waals surface area contributed by atoms with Crippen LogP contribution in [0, 0.1) is 3.57 Å². The monoisotopic (exact) mass is 524 g/mol. The lowest BCUT2D eigenvalue weighted by molar-refractivity contribution is 0.102. The summed E-state index contributed by atoms with van der Waals surface area (Å²) in [5, 5.41) is 3.17. The molecule has 2 aromatic heterocycles. The summed E-state index contributed by atoms with van der Waals surface area (Å²) >= 11 is 3.39. The van der Waals surface area contributed by atoms with Gasteiger partial charge in [0.2, 0.25) is 0 Å². The highest BCUT2D eigenvalue weighted by Gasteiger charge is 2.15. The van der Waals surface area contributed by atoms with Gasteiger partial charge in [-0.05, 0) is 77.2 Å². The number of nitrogens with one attached hydrogen (secondary N) is 3. The molecule has 2 heterocycles. The zero-order valence-electron chi connectivity index (χ0n) is 14.1. The van der Waals surface area contributed by atoms with Gasteiger partial charge in [0.25, 0.3) is 15.9 Å². The van der Waals surface area contributed by atoms with E-state index in [0.717, 1.165) is 8.27 Å². The molecule has 7 nitrogen and oxygen atoms in total. The van der Waals surface area contributed by atoms with E-state index in [0.29, 0.717) is 22.0 Å². The number of hydrogen-bond donors (Lipinski definition) is 3. The number of rotatable bonds is 5. The van der Waals surface area contributed by atoms with Crippen molar-refractivity contribution in [1.29, 1.82) is 0 Å². The van der Waals surface area contributed by atoms with Crippen molar-refractivity contribution in [3.8, 4) is 0 Å². The molecule has 142 valence electrons. The topological polar surface area (TPSA) is 104 Å². The highest BCUT2D eigenvalue weighted by Crippen LogP contribution is 2.29. The maximum atomic E-state index is 12.5. The molecule has 0 radical (unpaired) electrons. The van der Waals surface area contributed by atoms with Gasteiger partial charge in [0.1, 0.15) is 5.69 Å². The lowest BCUT2D eigenvalue weighted by Gasteiger charge is -2.08. The largest absolute Gasteiger partial charge is 0.357 e. The van der Waals surface area contributed by atoms with Crippen molar-refractivity contribution in [3.63, 3.8) is 0 Å². The zero-order chi connectivity index (χ0) is 19.7. The van der Waals surface area contributed by atoms with Crippen LogP contribution in [0.25, 0.3) is 10.2 Å². The molecule has 4 aromatic rings. The summed E-state index contributed by atoms with van der Waals surface area (Å²) < 4.78 is 29.4. The van der Waals surface area contributed by atoms with Crippen molar-refractivity contribution in [3.05, 3.63) is 70.1 Å². The van der Waals surface area contributed by atoms with Gasteiger partial charge in [-0.15, -0.1) is 0 Å². The number of halogens is 1. The van der Waals surface area contributed by atoms with Gasteiger partial charge in [0, 0.05) is 9.77 Å². The SMILES string of the molecule is O=C(Nc1nc2ccc(NS(=O)(=O)c3ccc(I)cc3)cc2s1)c1ccc[nH]1. The van der Waals surface area contributed by atoms with Crippen LogP contribution >= 0.6 is 33.9 Å². The van der Waals surface area contributed by atoms with E-state index in [1.165, 1.54) is 11.3 Å². The number of aromatic nitrogens is 2. The smallest absolute Gasteiger partial charge is 0.273 e. The minimum Gasteiger partial charge on any atom is -0.357 e. The number of anilines is 2. The minimum absolute atomic E-state index is 0.191. The number of carbonyl (C=O) groups is 1. The summed E-state index contributed by atoms with van der Waals surface area (Å²) in [5.74, 6) is -0.288. The van der Waals surface area contributed by atoms with Crippen molar-refractivity contribution < 1.29 is 13.2 Å². The first-order chi connectivity index (χ1) is 13.4. The molecular weight excluding hydrogens is 511 g/mol. The molecule has 0 spiro atoms. The Morgan fingerprint density at radius 2 is 1.89 bits per heavy atom. The zero-order valence-corrected chi connectivity index (χ0v) is 17.9. The lowest BCUT2D eigenvalue weighted by atomic mass is 10.3. The number of aromatic amines is 1. The minimum atomic E-state index is -3.68. The molecule has 0 saturated carbocycles. The number of benzene rings is 2.